The van der Waals surface area contributed by atoms with Crippen molar-refractivity contribution in [2.75, 3.05) is 7.05 Å². The van der Waals surface area contributed by atoms with Crippen molar-refractivity contribution in [3.8, 4) is 5.75 Å². The summed E-state index contributed by atoms with van der Waals surface area (Å²) in [5, 5.41) is 0. The van der Waals surface area contributed by atoms with Crippen LogP contribution in [0.4, 0.5) is 13.2 Å². The van der Waals surface area contributed by atoms with E-state index in [1.54, 1.807) is 37.6 Å². The lowest BCUT2D eigenvalue weighted by molar-refractivity contribution is -0.274. The Morgan fingerprint density at radius 2 is 1.96 bits per heavy atom. The van der Waals surface area contributed by atoms with Crippen LogP contribution >= 0.6 is 0 Å². The fourth-order valence-corrected chi connectivity index (χ4v) is 1.89. The lowest BCUT2D eigenvalue weighted by atomic mass is 10.1. The maximum absolute atomic E-state index is 12.2. The van der Waals surface area contributed by atoms with Crippen molar-refractivity contribution in [1.29, 1.82) is 0 Å². The lowest BCUT2D eigenvalue weighted by Gasteiger charge is -2.08. The lowest BCUT2D eigenvalue weighted by Crippen LogP contribution is -2.17. The Morgan fingerprint density at radius 1 is 1.19 bits per heavy atom. The molecule has 7 heteroatoms. The van der Waals surface area contributed by atoms with Crippen LogP contribution in [-0.2, 0) is 0 Å². The highest BCUT2D eigenvalue weighted by Gasteiger charge is 2.31. The normalized spacial score (nSPS) is 11.6. The number of carbonyl (C=O) groups is 1. The minimum absolute atomic E-state index is 0.0353. The van der Waals surface area contributed by atoms with E-state index in [0.717, 1.165) is 18.2 Å². The van der Waals surface area contributed by atoms with Crippen LogP contribution in [-0.4, -0.2) is 24.9 Å². The summed E-state index contributed by atoms with van der Waals surface area (Å²) in [6, 6.07) is 8.31. The third kappa shape index (κ3) is 7.08. The number of rotatable bonds is 6. The monoisotopic (exact) mass is 373 g/mol. The number of aliphatic imine (C=N–C) groups is 1. The number of ether oxygens (including phenoxy) is 1. The predicted molar refractivity (Wildman–Crippen MR) is 94.7 cm³/mol. The van der Waals surface area contributed by atoms with Crippen molar-refractivity contribution in [2.24, 2.45) is 4.99 Å². The van der Waals surface area contributed by atoms with Crippen LogP contribution in [0.2, 0.25) is 0 Å². The van der Waals surface area contributed by atoms with Crippen LogP contribution in [0, 0.1) is 0 Å². The molecule has 0 fully saturated rings. The highest BCUT2D eigenvalue weighted by atomic mass is 19.4. The van der Waals surface area contributed by atoms with E-state index < -0.39 is 17.9 Å². The standard InChI is InChI=1S/C20H14F3NO3/c1-24-16(11-12-17-9-5-13-26-17)7-2-3-10-19(25)15-6-4-8-18(14-15)27-20(21,22)23/h4-14H,1H3/b10-7?,12-11+,24-16?. The molecule has 0 saturated heterocycles. The average molecular weight is 373 g/mol. The van der Waals surface area contributed by atoms with Crippen molar-refractivity contribution in [1.82, 2.24) is 0 Å². The maximum Gasteiger partial charge on any atom is 0.573 e. The number of halogens is 3. The minimum Gasteiger partial charge on any atom is -0.465 e. The molecule has 0 radical (unpaired) electrons. The molecule has 0 amide bonds. The molecule has 0 atom stereocenters. The molecule has 0 aliphatic rings. The van der Waals surface area contributed by atoms with Crippen LogP contribution in [0.1, 0.15) is 16.1 Å². The van der Waals surface area contributed by atoms with Gasteiger partial charge in [0.15, 0.2) is 5.78 Å². The summed E-state index contributed by atoms with van der Waals surface area (Å²) in [4.78, 5) is 16.0. The molecule has 0 aliphatic carbocycles. The molecule has 0 bridgehead atoms. The zero-order chi connectivity index (χ0) is 19.7. The summed E-state index contributed by atoms with van der Waals surface area (Å²) in [5.41, 5.74) is 5.76. The molecule has 0 aliphatic heterocycles. The number of furan rings is 1. The zero-order valence-corrected chi connectivity index (χ0v) is 14.2. The van der Waals surface area contributed by atoms with Gasteiger partial charge < -0.3 is 9.15 Å². The van der Waals surface area contributed by atoms with E-state index in [1.165, 1.54) is 18.2 Å². The molecule has 138 valence electrons. The molecule has 2 rings (SSSR count). The summed E-state index contributed by atoms with van der Waals surface area (Å²) in [7, 11) is 1.58. The van der Waals surface area contributed by atoms with Crippen molar-refractivity contribution < 1.29 is 27.1 Å². The number of benzene rings is 1. The predicted octanol–water partition coefficient (Wildman–Crippen LogP) is 5.01. The summed E-state index contributed by atoms with van der Waals surface area (Å²) in [6.07, 6.45) is 2.68. The highest BCUT2D eigenvalue weighted by molar-refractivity contribution is 6.06. The van der Waals surface area contributed by atoms with Crippen LogP contribution in [0.25, 0.3) is 6.08 Å². The molecule has 1 aromatic heterocycles. The third-order valence-electron chi connectivity index (χ3n) is 3.08. The van der Waals surface area contributed by atoms with E-state index >= 15 is 0 Å². The van der Waals surface area contributed by atoms with Crippen molar-refractivity contribution in [3.05, 3.63) is 83.7 Å². The van der Waals surface area contributed by atoms with Crippen LogP contribution in [0.15, 0.2) is 81.8 Å². The van der Waals surface area contributed by atoms with Gasteiger partial charge in [0.1, 0.15) is 11.5 Å². The molecule has 0 N–H and O–H groups in total. The van der Waals surface area contributed by atoms with E-state index in [4.69, 9.17) is 4.42 Å². The molecule has 0 unspecified atom stereocenters. The molecule has 1 heterocycles. The molecular weight excluding hydrogens is 359 g/mol. The van der Waals surface area contributed by atoms with Gasteiger partial charge in [0.2, 0.25) is 0 Å². The van der Waals surface area contributed by atoms with Gasteiger partial charge in [-0.05, 0) is 36.4 Å². The zero-order valence-electron chi connectivity index (χ0n) is 14.2. The minimum atomic E-state index is -4.82. The van der Waals surface area contributed by atoms with E-state index in [2.05, 4.69) is 21.2 Å². The topological polar surface area (TPSA) is 51.8 Å². The van der Waals surface area contributed by atoms with Gasteiger partial charge in [-0.1, -0.05) is 23.6 Å². The molecule has 4 nitrogen and oxygen atoms in total. The second-order valence-corrected chi connectivity index (χ2v) is 5.01. The molecule has 27 heavy (non-hydrogen) atoms. The van der Waals surface area contributed by atoms with Crippen LogP contribution in [0.5, 0.6) is 5.75 Å². The number of hydrogen-bond acceptors (Lipinski definition) is 4. The third-order valence-corrected chi connectivity index (χ3v) is 3.08. The Labute approximate surface area is 153 Å². The van der Waals surface area contributed by atoms with Gasteiger partial charge in [-0.2, -0.15) is 0 Å². The smallest absolute Gasteiger partial charge is 0.465 e. The Hall–Kier alpha value is -3.53. The average Bonchev–Trinajstić information content (AvgIpc) is 3.13. The summed E-state index contributed by atoms with van der Waals surface area (Å²) >= 11 is 0. The number of ketones is 1. The van der Waals surface area contributed by atoms with Crippen molar-refractivity contribution in [3.63, 3.8) is 0 Å². The quantitative estimate of drug-likeness (QED) is 0.309. The number of allylic oxidation sites excluding steroid dienone is 3. The number of nitrogens with zero attached hydrogens (tertiary/aromatic N) is 1. The molecular formula is C20H14F3NO3. The first-order valence-corrected chi connectivity index (χ1v) is 7.63. The Morgan fingerprint density at radius 3 is 2.63 bits per heavy atom. The Kier molecular flexibility index (Phi) is 6.78. The van der Waals surface area contributed by atoms with Gasteiger partial charge in [-0.15, -0.1) is 13.2 Å². The van der Waals surface area contributed by atoms with Gasteiger partial charge in [-0.3, -0.25) is 9.79 Å². The molecule has 0 saturated carbocycles. The molecule has 0 spiro atoms. The number of hydrogen-bond donors (Lipinski definition) is 0. The first-order valence-electron chi connectivity index (χ1n) is 7.63. The summed E-state index contributed by atoms with van der Waals surface area (Å²) in [5.74, 6) is -0.352. The first-order chi connectivity index (χ1) is 12.9. The second-order valence-electron chi connectivity index (χ2n) is 5.01. The van der Waals surface area contributed by atoms with Gasteiger partial charge in [-0.25, -0.2) is 0 Å². The molecule has 2 aromatic rings. The van der Waals surface area contributed by atoms with Crippen molar-refractivity contribution in [2.45, 2.75) is 6.36 Å². The van der Waals surface area contributed by atoms with Crippen LogP contribution < -0.4 is 4.74 Å². The second kappa shape index (κ2) is 9.25. The van der Waals surface area contributed by atoms with E-state index in [0.29, 0.717) is 11.5 Å². The van der Waals surface area contributed by atoms with E-state index in [9.17, 15) is 18.0 Å². The van der Waals surface area contributed by atoms with Gasteiger partial charge >= 0.3 is 6.36 Å². The molecule has 1 aromatic carbocycles. The summed E-state index contributed by atoms with van der Waals surface area (Å²) < 4.78 is 45.6. The SMILES string of the molecule is CN=C(C=C=C=CC(=O)c1cccc(OC(F)(F)F)c1)/C=C/c1ccco1. The van der Waals surface area contributed by atoms with Gasteiger partial charge in [0.25, 0.3) is 0 Å². The van der Waals surface area contributed by atoms with Crippen LogP contribution in [0.3, 0.4) is 0 Å². The fourth-order valence-electron chi connectivity index (χ4n) is 1.89. The summed E-state index contributed by atoms with van der Waals surface area (Å²) in [6.45, 7) is 0. The Bertz CT molecular complexity index is 941. The maximum atomic E-state index is 12.2. The highest BCUT2D eigenvalue weighted by Crippen LogP contribution is 2.23. The van der Waals surface area contributed by atoms with Crippen molar-refractivity contribution >= 4 is 17.6 Å². The van der Waals surface area contributed by atoms with E-state index in [1.807, 2.05) is 0 Å². The van der Waals surface area contributed by atoms with E-state index in [-0.39, 0.29) is 5.56 Å². The largest absolute Gasteiger partial charge is 0.573 e. The number of alkyl halides is 3. The first kappa shape index (κ1) is 19.8. The number of carbonyl (C=O) groups excluding carboxylic acids is 1. The Balaban J connectivity index is 2.08. The van der Waals surface area contributed by atoms with Gasteiger partial charge in [0, 0.05) is 24.8 Å². The van der Waals surface area contributed by atoms with Gasteiger partial charge in [0.05, 0.1) is 12.0 Å². The fraction of sp³-hybridized carbons (Fsp3) is 0.100.